The highest BCUT2D eigenvalue weighted by atomic mass is 127. The van der Waals surface area contributed by atoms with Gasteiger partial charge in [-0.1, -0.05) is 19.1 Å². The molecule has 0 aliphatic carbocycles. The Balaban J connectivity index is 0.00000220. The molecule has 1 heterocycles. The topological polar surface area (TPSA) is 50.9 Å². The molecule has 0 amide bonds. The largest absolute Gasteiger partial charge is 0.496 e. The van der Waals surface area contributed by atoms with E-state index < -0.39 is 0 Å². The molecule has 1 aliphatic heterocycles. The number of aliphatic imine (C=N–C) groups is 1. The van der Waals surface area contributed by atoms with Crippen molar-refractivity contribution in [1.82, 2.24) is 4.90 Å². The van der Waals surface area contributed by atoms with Crippen LogP contribution in [0.4, 0.5) is 0 Å². The Morgan fingerprint density at radius 2 is 2.24 bits per heavy atom. The molecule has 1 aliphatic rings. The van der Waals surface area contributed by atoms with Gasteiger partial charge < -0.3 is 15.4 Å². The second-order valence-electron chi connectivity index (χ2n) is 5.68. The van der Waals surface area contributed by atoms with Crippen molar-refractivity contribution in [2.45, 2.75) is 33.2 Å². The number of ether oxygens (including phenoxy) is 1. The molecule has 1 saturated heterocycles. The number of guanidine groups is 1. The highest BCUT2D eigenvalue weighted by Crippen LogP contribution is 2.21. The third kappa shape index (κ3) is 5.05. The average molecular weight is 403 g/mol. The Morgan fingerprint density at radius 1 is 1.48 bits per heavy atom. The number of piperidine rings is 1. The highest BCUT2D eigenvalue weighted by Gasteiger charge is 2.17. The fraction of sp³-hybridized carbons (Fsp3) is 0.562. The lowest BCUT2D eigenvalue weighted by Gasteiger charge is -2.31. The number of hydrogen-bond donors (Lipinski definition) is 1. The Labute approximate surface area is 144 Å². The minimum atomic E-state index is 0. The van der Waals surface area contributed by atoms with E-state index in [-0.39, 0.29) is 24.0 Å². The van der Waals surface area contributed by atoms with Gasteiger partial charge in [-0.3, -0.25) is 0 Å². The zero-order valence-corrected chi connectivity index (χ0v) is 15.5. The first-order valence-electron chi connectivity index (χ1n) is 7.28. The number of halogens is 1. The van der Waals surface area contributed by atoms with Gasteiger partial charge in [0.1, 0.15) is 5.75 Å². The maximum absolute atomic E-state index is 6.12. The van der Waals surface area contributed by atoms with Crippen LogP contribution in [0.3, 0.4) is 0 Å². The number of methoxy groups -OCH3 is 1. The van der Waals surface area contributed by atoms with Crippen LogP contribution in [0.15, 0.2) is 23.2 Å². The predicted octanol–water partition coefficient (Wildman–Crippen LogP) is 3.17. The van der Waals surface area contributed by atoms with Crippen LogP contribution in [0.1, 0.15) is 30.9 Å². The first-order valence-corrected chi connectivity index (χ1v) is 7.28. The van der Waals surface area contributed by atoms with E-state index >= 15 is 0 Å². The number of rotatable bonds is 3. The van der Waals surface area contributed by atoms with E-state index in [1.165, 1.54) is 18.4 Å². The second-order valence-corrected chi connectivity index (χ2v) is 5.68. The van der Waals surface area contributed by atoms with Crippen molar-refractivity contribution in [2.24, 2.45) is 16.6 Å². The molecular formula is C16H26IN3O. The smallest absolute Gasteiger partial charge is 0.191 e. The van der Waals surface area contributed by atoms with Crippen molar-refractivity contribution < 1.29 is 4.74 Å². The monoisotopic (exact) mass is 403 g/mol. The molecule has 4 nitrogen and oxygen atoms in total. The first-order chi connectivity index (χ1) is 9.60. The number of nitrogens with two attached hydrogens (primary N) is 1. The SMILES string of the molecule is COc1cc(C)ccc1CN=C(N)N1CCCC(C)C1.I. The minimum Gasteiger partial charge on any atom is -0.496 e. The molecule has 21 heavy (non-hydrogen) atoms. The molecular weight excluding hydrogens is 377 g/mol. The molecule has 1 fully saturated rings. The van der Waals surface area contributed by atoms with Crippen LogP contribution < -0.4 is 10.5 Å². The first kappa shape index (κ1) is 18.1. The number of aryl methyl sites for hydroxylation is 1. The summed E-state index contributed by atoms with van der Waals surface area (Å²) >= 11 is 0. The lowest BCUT2D eigenvalue weighted by molar-refractivity contribution is 0.270. The fourth-order valence-corrected chi connectivity index (χ4v) is 2.65. The molecule has 0 saturated carbocycles. The Bertz CT molecular complexity index is 490. The summed E-state index contributed by atoms with van der Waals surface area (Å²) in [6, 6.07) is 6.17. The van der Waals surface area contributed by atoms with Gasteiger partial charge in [-0.2, -0.15) is 0 Å². The van der Waals surface area contributed by atoms with Crippen molar-refractivity contribution in [3.05, 3.63) is 29.3 Å². The van der Waals surface area contributed by atoms with E-state index in [0.29, 0.717) is 18.4 Å². The summed E-state index contributed by atoms with van der Waals surface area (Å²) in [5.74, 6) is 2.24. The third-order valence-electron chi connectivity index (χ3n) is 3.83. The molecule has 118 valence electrons. The Hall–Kier alpha value is -0.980. The maximum atomic E-state index is 6.12. The van der Waals surface area contributed by atoms with Gasteiger partial charge in [-0.05, 0) is 37.3 Å². The highest BCUT2D eigenvalue weighted by molar-refractivity contribution is 14.0. The van der Waals surface area contributed by atoms with Gasteiger partial charge in [0.15, 0.2) is 5.96 Å². The molecule has 1 aromatic rings. The number of nitrogens with zero attached hydrogens (tertiary/aromatic N) is 2. The standard InChI is InChI=1S/C16H25N3O.HI/c1-12-6-7-14(15(9-12)20-3)10-18-16(17)19-8-4-5-13(2)11-19;/h6-7,9,13H,4-5,8,10-11H2,1-3H3,(H2,17,18);1H. The second kappa shape index (κ2) is 8.46. The normalized spacial score (nSPS) is 19.1. The van der Waals surface area contributed by atoms with Crippen molar-refractivity contribution >= 4 is 29.9 Å². The number of hydrogen-bond acceptors (Lipinski definition) is 2. The summed E-state index contributed by atoms with van der Waals surface area (Å²) in [6.07, 6.45) is 2.49. The molecule has 5 heteroatoms. The predicted molar refractivity (Wildman–Crippen MR) is 98.4 cm³/mol. The summed E-state index contributed by atoms with van der Waals surface area (Å²) in [5.41, 5.74) is 8.38. The molecule has 0 aromatic heterocycles. The number of likely N-dealkylation sites (tertiary alicyclic amines) is 1. The summed E-state index contributed by atoms with van der Waals surface area (Å²) < 4.78 is 5.40. The van der Waals surface area contributed by atoms with Crippen molar-refractivity contribution in [1.29, 1.82) is 0 Å². The third-order valence-corrected chi connectivity index (χ3v) is 3.83. The molecule has 1 unspecified atom stereocenters. The van der Waals surface area contributed by atoms with E-state index in [1.54, 1.807) is 7.11 Å². The van der Waals surface area contributed by atoms with Crippen molar-refractivity contribution in [3.63, 3.8) is 0 Å². The van der Waals surface area contributed by atoms with Gasteiger partial charge in [0.2, 0.25) is 0 Å². The van der Waals surface area contributed by atoms with E-state index in [4.69, 9.17) is 10.5 Å². The summed E-state index contributed by atoms with van der Waals surface area (Å²) in [7, 11) is 1.69. The fourth-order valence-electron chi connectivity index (χ4n) is 2.65. The molecule has 2 rings (SSSR count). The van der Waals surface area contributed by atoms with Gasteiger partial charge in [-0.25, -0.2) is 4.99 Å². The van der Waals surface area contributed by atoms with Crippen LogP contribution >= 0.6 is 24.0 Å². The van der Waals surface area contributed by atoms with E-state index in [9.17, 15) is 0 Å². The quantitative estimate of drug-likeness (QED) is 0.479. The summed E-state index contributed by atoms with van der Waals surface area (Å²) in [6.45, 7) is 6.92. The molecule has 1 aromatic carbocycles. The molecule has 1 atom stereocenters. The van der Waals surface area contributed by atoms with Crippen molar-refractivity contribution in [2.75, 3.05) is 20.2 Å². The summed E-state index contributed by atoms with van der Waals surface area (Å²) in [5, 5.41) is 0. The van der Waals surface area contributed by atoms with Gasteiger partial charge in [0, 0.05) is 18.7 Å². The molecule has 0 spiro atoms. The van der Waals surface area contributed by atoms with Crippen LogP contribution in [0.25, 0.3) is 0 Å². The van der Waals surface area contributed by atoms with Gasteiger partial charge >= 0.3 is 0 Å². The lowest BCUT2D eigenvalue weighted by atomic mass is 10.0. The van der Waals surface area contributed by atoms with Gasteiger partial charge in [-0.15, -0.1) is 24.0 Å². The van der Waals surface area contributed by atoms with Crippen LogP contribution in [0.2, 0.25) is 0 Å². The Kier molecular flexibility index (Phi) is 7.28. The summed E-state index contributed by atoms with van der Waals surface area (Å²) in [4.78, 5) is 6.72. The van der Waals surface area contributed by atoms with Gasteiger partial charge in [0.05, 0.1) is 13.7 Å². The Morgan fingerprint density at radius 3 is 2.90 bits per heavy atom. The zero-order chi connectivity index (χ0) is 14.5. The molecule has 0 radical (unpaired) electrons. The average Bonchev–Trinajstić information content (AvgIpc) is 2.45. The van der Waals surface area contributed by atoms with E-state index in [1.807, 2.05) is 6.07 Å². The molecule has 0 bridgehead atoms. The number of benzene rings is 1. The van der Waals surface area contributed by atoms with E-state index in [2.05, 4.69) is 35.9 Å². The van der Waals surface area contributed by atoms with E-state index in [0.717, 1.165) is 24.4 Å². The maximum Gasteiger partial charge on any atom is 0.191 e. The van der Waals surface area contributed by atoms with Crippen LogP contribution in [-0.2, 0) is 6.54 Å². The lowest BCUT2D eigenvalue weighted by Crippen LogP contribution is -2.43. The van der Waals surface area contributed by atoms with Crippen LogP contribution in [0, 0.1) is 12.8 Å². The molecule has 2 N–H and O–H groups in total. The van der Waals surface area contributed by atoms with Crippen molar-refractivity contribution in [3.8, 4) is 5.75 Å². The van der Waals surface area contributed by atoms with Crippen LogP contribution in [-0.4, -0.2) is 31.1 Å². The van der Waals surface area contributed by atoms with Crippen LogP contribution in [0.5, 0.6) is 5.75 Å². The zero-order valence-electron chi connectivity index (χ0n) is 13.1. The minimum absolute atomic E-state index is 0. The van der Waals surface area contributed by atoms with Gasteiger partial charge in [0.25, 0.3) is 0 Å².